The quantitative estimate of drug-likeness (QED) is 0.779. The number of urea groups is 1. The molecule has 0 spiro atoms. The molecule has 1 aliphatic heterocycles. The molecule has 6 nitrogen and oxygen atoms in total. The van der Waals surface area contributed by atoms with Crippen LogP contribution in [0, 0.1) is 5.41 Å². The first-order valence-electron chi connectivity index (χ1n) is 7.30. The van der Waals surface area contributed by atoms with Crippen LogP contribution in [0.1, 0.15) is 40.0 Å². The molecule has 0 aromatic rings. The van der Waals surface area contributed by atoms with Gasteiger partial charge in [-0.1, -0.05) is 6.92 Å². The standard InChI is InChI=1S/C14H26N2O4/c1-4-14(3,12(17)18)10-15-13(19)16-8-6-11(7-9-16)20-5-2/h11H,4-10H2,1-3H3,(H,15,19)(H,17,18). The number of aliphatic carboxylic acids is 1. The van der Waals surface area contributed by atoms with Gasteiger partial charge in [0.05, 0.1) is 11.5 Å². The Hall–Kier alpha value is -1.30. The van der Waals surface area contributed by atoms with E-state index in [1.165, 1.54) is 0 Å². The van der Waals surface area contributed by atoms with Crippen molar-refractivity contribution in [1.82, 2.24) is 10.2 Å². The van der Waals surface area contributed by atoms with Gasteiger partial charge in [-0.15, -0.1) is 0 Å². The van der Waals surface area contributed by atoms with Crippen molar-refractivity contribution in [2.24, 2.45) is 5.41 Å². The highest BCUT2D eigenvalue weighted by molar-refractivity contribution is 5.77. The van der Waals surface area contributed by atoms with Crippen molar-refractivity contribution in [3.05, 3.63) is 0 Å². The molecule has 1 unspecified atom stereocenters. The Morgan fingerprint density at radius 1 is 1.35 bits per heavy atom. The molecule has 0 aliphatic carbocycles. The number of carbonyl (C=O) groups excluding carboxylic acids is 1. The number of ether oxygens (including phenoxy) is 1. The van der Waals surface area contributed by atoms with Gasteiger partial charge in [-0.2, -0.15) is 0 Å². The third-order valence-corrected chi connectivity index (χ3v) is 4.06. The van der Waals surface area contributed by atoms with E-state index in [1.807, 2.05) is 13.8 Å². The molecule has 1 atom stereocenters. The van der Waals surface area contributed by atoms with Crippen molar-refractivity contribution in [3.8, 4) is 0 Å². The maximum absolute atomic E-state index is 12.0. The summed E-state index contributed by atoms with van der Waals surface area (Å²) >= 11 is 0. The van der Waals surface area contributed by atoms with E-state index in [1.54, 1.807) is 11.8 Å². The molecule has 0 aromatic carbocycles. The molecule has 0 bridgehead atoms. The van der Waals surface area contributed by atoms with E-state index in [-0.39, 0.29) is 18.7 Å². The fourth-order valence-electron chi connectivity index (χ4n) is 2.20. The molecule has 0 radical (unpaired) electrons. The third kappa shape index (κ3) is 4.37. The third-order valence-electron chi connectivity index (χ3n) is 4.06. The Kier molecular flexibility index (Phi) is 6.26. The number of piperidine rings is 1. The lowest BCUT2D eigenvalue weighted by atomic mass is 9.88. The Bertz CT molecular complexity index is 340. The van der Waals surface area contributed by atoms with Crippen molar-refractivity contribution in [2.75, 3.05) is 26.2 Å². The second kappa shape index (κ2) is 7.47. The first-order chi connectivity index (χ1) is 9.42. The van der Waals surface area contributed by atoms with E-state index in [0.29, 0.717) is 26.1 Å². The second-order valence-corrected chi connectivity index (χ2v) is 5.52. The van der Waals surface area contributed by atoms with Crippen molar-refractivity contribution in [3.63, 3.8) is 0 Å². The minimum absolute atomic E-state index is 0.156. The zero-order valence-corrected chi connectivity index (χ0v) is 12.6. The molecule has 1 saturated heterocycles. The van der Waals surface area contributed by atoms with E-state index >= 15 is 0 Å². The van der Waals surface area contributed by atoms with Crippen LogP contribution >= 0.6 is 0 Å². The number of nitrogens with one attached hydrogen (secondary N) is 1. The molecular weight excluding hydrogens is 260 g/mol. The van der Waals surface area contributed by atoms with Crippen LogP contribution in [0.5, 0.6) is 0 Å². The Labute approximate surface area is 120 Å². The van der Waals surface area contributed by atoms with Gasteiger partial charge in [0.15, 0.2) is 0 Å². The maximum Gasteiger partial charge on any atom is 0.317 e. The molecule has 0 aromatic heterocycles. The topological polar surface area (TPSA) is 78.9 Å². The first-order valence-corrected chi connectivity index (χ1v) is 7.30. The van der Waals surface area contributed by atoms with E-state index < -0.39 is 11.4 Å². The molecule has 1 aliphatic rings. The number of hydrogen-bond donors (Lipinski definition) is 2. The van der Waals surface area contributed by atoms with E-state index in [4.69, 9.17) is 9.84 Å². The lowest BCUT2D eigenvalue weighted by molar-refractivity contribution is -0.147. The van der Waals surface area contributed by atoms with Crippen molar-refractivity contribution in [2.45, 2.75) is 46.1 Å². The molecular formula is C14H26N2O4. The predicted molar refractivity (Wildman–Crippen MR) is 75.7 cm³/mol. The summed E-state index contributed by atoms with van der Waals surface area (Å²) in [4.78, 5) is 24.9. The average molecular weight is 286 g/mol. The van der Waals surface area contributed by atoms with Gasteiger partial charge in [-0.3, -0.25) is 4.79 Å². The summed E-state index contributed by atoms with van der Waals surface area (Å²) in [5.74, 6) is -0.879. The zero-order valence-electron chi connectivity index (χ0n) is 12.6. The first kappa shape index (κ1) is 16.8. The Morgan fingerprint density at radius 2 is 1.95 bits per heavy atom. The number of carbonyl (C=O) groups is 2. The van der Waals surface area contributed by atoms with Crippen LogP contribution in [0.3, 0.4) is 0 Å². The summed E-state index contributed by atoms with van der Waals surface area (Å²) in [5, 5.41) is 11.9. The maximum atomic E-state index is 12.0. The van der Waals surface area contributed by atoms with Crippen LogP contribution in [0.2, 0.25) is 0 Å². The van der Waals surface area contributed by atoms with Crippen molar-refractivity contribution in [1.29, 1.82) is 0 Å². The summed E-state index contributed by atoms with van der Waals surface area (Å²) in [6.07, 6.45) is 2.40. The number of nitrogens with zero attached hydrogens (tertiary/aromatic N) is 1. The number of likely N-dealkylation sites (tertiary alicyclic amines) is 1. The van der Waals surface area contributed by atoms with Gasteiger partial charge >= 0.3 is 12.0 Å². The van der Waals surface area contributed by atoms with Gasteiger partial charge in [0.1, 0.15) is 0 Å². The summed E-state index contributed by atoms with van der Waals surface area (Å²) < 4.78 is 5.54. The SMILES string of the molecule is CCOC1CCN(C(=O)NCC(C)(CC)C(=O)O)CC1. The van der Waals surface area contributed by atoms with Crippen LogP contribution in [0.4, 0.5) is 4.79 Å². The molecule has 116 valence electrons. The van der Waals surface area contributed by atoms with Crippen LogP contribution < -0.4 is 5.32 Å². The van der Waals surface area contributed by atoms with Crippen molar-refractivity contribution < 1.29 is 19.4 Å². The van der Waals surface area contributed by atoms with Crippen molar-refractivity contribution >= 4 is 12.0 Å². The highest BCUT2D eigenvalue weighted by Crippen LogP contribution is 2.20. The predicted octanol–water partition coefficient (Wildman–Crippen LogP) is 1.70. The van der Waals surface area contributed by atoms with E-state index in [0.717, 1.165) is 12.8 Å². The van der Waals surface area contributed by atoms with Crippen LogP contribution in [0.25, 0.3) is 0 Å². The van der Waals surface area contributed by atoms with Gasteiger partial charge in [0.25, 0.3) is 0 Å². The molecule has 1 heterocycles. The van der Waals surface area contributed by atoms with Gasteiger partial charge in [0.2, 0.25) is 0 Å². The molecule has 2 amide bonds. The Balaban J connectivity index is 2.39. The number of hydrogen-bond acceptors (Lipinski definition) is 3. The second-order valence-electron chi connectivity index (χ2n) is 5.52. The zero-order chi connectivity index (χ0) is 15.2. The molecule has 1 rings (SSSR count). The minimum Gasteiger partial charge on any atom is -0.481 e. The Morgan fingerprint density at radius 3 is 2.40 bits per heavy atom. The fraction of sp³-hybridized carbons (Fsp3) is 0.857. The lowest BCUT2D eigenvalue weighted by Gasteiger charge is -2.33. The number of carboxylic acid groups (broad SMARTS) is 1. The minimum atomic E-state index is -0.903. The van der Waals surface area contributed by atoms with Gasteiger partial charge < -0.3 is 20.1 Å². The van der Waals surface area contributed by atoms with Crippen LogP contribution in [-0.4, -0.2) is 54.4 Å². The number of rotatable bonds is 6. The lowest BCUT2D eigenvalue weighted by Crippen LogP contribution is -2.49. The highest BCUT2D eigenvalue weighted by Gasteiger charge is 2.32. The number of amides is 2. The summed E-state index contributed by atoms with van der Waals surface area (Å²) in [7, 11) is 0. The van der Waals surface area contributed by atoms with Crippen LogP contribution in [0.15, 0.2) is 0 Å². The molecule has 6 heteroatoms. The van der Waals surface area contributed by atoms with Gasteiger partial charge in [-0.05, 0) is 33.1 Å². The summed E-state index contributed by atoms with van der Waals surface area (Å²) in [6.45, 7) is 7.60. The molecule has 2 N–H and O–H groups in total. The highest BCUT2D eigenvalue weighted by atomic mass is 16.5. The molecule has 0 saturated carbocycles. The van der Waals surface area contributed by atoms with Gasteiger partial charge in [0, 0.05) is 26.2 Å². The summed E-state index contributed by atoms with van der Waals surface area (Å²) in [5.41, 5.74) is -0.903. The average Bonchev–Trinajstić information content (AvgIpc) is 2.45. The monoisotopic (exact) mass is 286 g/mol. The van der Waals surface area contributed by atoms with E-state index in [2.05, 4.69) is 5.32 Å². The fourth-order valence-corrected chi connectivity index (χ4v) is 2.20. The molecule has 1 fully saturated rings. The molecule has 20 heavy (non-hydrogen) atoms. The summed E-state index contributed by atoms with van der Waals surface area (Å²) in [6, 6.07) is -0.180. The number of carboxylic acids is 1. The van der Waals surface area contributed by atoms with E-state index in [9.17, 15) is 9.59 Å². The smallest absolute Gasteiger partial charge is 0.317 e. The normalized spacial score (nSPS) is 19.4. The largest absolute Gasteiger partial charge is 0.481 e. The van der Waals surface area contributed by atoms with Crippen LogP contribution in [-0.2, 0) is 9.53 Å². The van der Waals surface area contributed by atoms with Gasteiger partial charge in [-0.25, -0.2) is 4.79 Å².